The summed E-state index contributed by atoms with van der Waals surface area (Å²) in [5, 5.41) is 15.3. The van der Waals surface area contributed by atoms with E-state index in [0.717, 1.165) is 61.4 Å². The highest BCUT2D eigenvalue weighted by Crippen LogP contribution is 2.68. The molecule has 3 heteroatoms. The predicted molar refractivity (Wildman–Crippen MR) is 150 cm³/mol. The molecule has 0 bridgehead atoms. The maximum absolute atomic E-state index is 10.4. The van der Waals surface area contributed by atoms with Gasteiger partial charge in [0.1, 0.15) is 0 Å². The Morgan fingerprint density at radius 3 is 2.67 bits per heavy atom. The zero-order valence-corrected chi connectivity index (χ0v) is 23.3. The fourth-order valence-corrected chi connectivity index (χ4v) is 10.5. The molecule has 4 aliphatic carbocycles. The monoisotopic (exact) mass is 490 g/mol. The van der Waals surface area contributed by atoms with E-state index in [2.05, 4.69) is 62.4 Å². The first kappa shape index (κ1) is 25.0. The highest BCUT2D eigenvalue weighted by atomic mass is 16.3. The fourth-order valence-electron chi connectivity index (χ4n) is 10.5. The van der Waals surface area contributed by atoms with Gasteiger partial charge < -0.3 is 15.4 Å². The summed E-state index contributed by atoms with van der Waals surface area (Å²) < 4.78 is 0. The smallest absolute Gasteiger partial charge is 0.0543 e. The molecule has 2 aromatic rings. The molecule has 4 saturated carbocycles. The Kier molecular flexibility index (Phi) is 6.56. The van der Waals surface area contributed by atoms with Crippen LogP contribution in [0.1, 0.15) is 96.6 Å². The van der Waals surface area contributed by atoms with Crippen LogP contribution in [0.5, 0.6) is 0 Å². The second-order valence-electron chi connectivity index (χ2n) is 14.0. The van der Waals surface area contributed by atoms with Gasteiger partial charge in [0.25, 0.3) is 0 Å². The number of aliphatic hydroxyl groups is 1. The number of nitrogens with one attached hydrogen (secondary N) is 2. The van der Waals surface area contributed by atoms with Crippen LogP contribution >= 0.6 is 0 Å². The molecular formula is C33H50N2O. The Balaban J connectivity index is 1.19. The molecule has 4 aliphatic rings. The Bertz CT molecular complexity index is 1070. The van der Waals surface area contributed by atoms with Crippen molar-refractivity contribution in [2.75, 3.05) is 6.54 Å². The van der Waals surface area contributed by atoms with Crippen molar-refractivity contribution in [3.63, 3.8) is 0 Å². The molecule has 0 saturated heterocycles. The first-order valence-electron chi connectivity index (χ1n) is 15.3. The topological polar surface area (TPSA) is 48.0 Å². The van der Waals surface area contributed by atoms with Gasteiger partial charge in [-0.05, 0) is 140 Å². The van der Waals surface area contributed by atoms with Crippen molar-refractivity contribution >= 4 is 10.9 Å². The molecule has 6 rings (SSSR count). The lowest BCUT2D eigenvalue weighted by atomic mass is 9.44. The lowest BCUT2D eigenvalue weighted by Crippen LogP contribution is -2.54. The number of benzene rings is 1. The number of aromatic amines is 1. The van der Waals surface area contributed by atoms with Crippen LogP contribution in [0.25, 0.3) is 10.9 Å². The third kappa shape index (κ3) is 3.99. The molecule has 0 radical (unpaired) electrons. The van der Waals surface area contributed by atoms with Crippen molar-refractivity contribution in [1.29, 1.82) is 0 Å². The first-order valence-corrected chi connectivity index (χ1v) is 15.3. The minimum absolute atomic E-state index is 0.0336. The standard InChI is InChI=1S/C33H50N2O/c1-5-34-19-22-6-11-31-27(17-22)23(20-35-31)16-21(2)28-9-10-29-26-8-7-24-18-25(36)12-14-32(24,3)30(26)13-15-33(28,29)4/h6,11,17,20-21,24-26,28-30,34-36H,5,7-10,12-16,18-19H2,1-4H3/t21-,24-,25-,26+,28-,29+,30+,32+,33-/m1/s1. The number of hydrogen-bond acceptors (Lipinski definition) is 2. The van der Waals surface area contributed by atoms with Crippen molar-refractivity contribution in [3.05, 3.63) is 35.5 Å². The summed E-state index contributed by atoms with van der Waals surface area (Å²) in [5.41, 5.74) is 5.20. The van der Waals surface area contributed by atoms with Gasteiger partial charge in [-0.15, -0.1) is 0 Å². The lowest BCUT2D eigenvalue weighted by molar-refractivity contribution is -0.129. The molecule has 0 spiro atoms. The third-order valence-corrected chi connectivity index (χ3v) is 12.4. The molecule has 4 fully saturated rings. The van der Waals surface area contributed by atoms with E-state index in [1.165, 1.54) is 73.4 Å². The Morgan fingerprint density at radius 2 is 1.83 bits per heavy atom. The van der Waals surface area contributed by atoms with Crippen LogP contribution in [0.15, 0.2) is 24.4 Å². The summed E-state index contributed by atoms with van der Waals surface area (Å²) in [7, 11) is 0. The fraction of sp³-hybridized carbons (Fsp3) is 0.758. The molecular weight excluding hydrogens is 440 g/mol. The van der Waals surface area contributed by atoms with Crippen LogP contribution in [0.3, 0.4) is 0 Å². The maximum Gasteiger partial charge on any atom is 0.0543 e. The summed E-state index contributed by atoms with van der Waals surface area (Å²) in [6.07, 6.45) is 15.4. The molecule has 198 valence electrons. The third-order valence-electron chi connectivity index (χ3n) is 12.4. The average Bonchev–Trinajstić information content (AvgIpc) is 3.43. The molecule has 36 heavy (non-hydrogen) atoms. The summed E-state index contributed by atoms with van der Waals surface area (Å²) in [6, 6.07) is 6.95. The number of H-pyrrole nitrogens is 1. The van der Waals surface area contributed by atoms with Crippen LogP contribution in [-0.4, -0.2) is 22.7 Å². The maximum atomic E-state index is 10.4. The first-order chi connectivity index (χ1) is 17.3. The normalized spacial score (nSPS) is 41.0. The molecule has 0 amide bonds. The van der Waals surface area contributed by atoms with Gasteiger partial charge in [-0.25, -0.2) is 0 Å². The molecule has 3 nitrogen and oxygen atoms in total. The molecule has 0 unspecified atom stereocenters. The summed E-state index contributed by atoms with van der Waals surface area (Å²) in [6.45, 7) is 12.0. The second-order valence-corrected chi connectivity index (χ2v) is 14.0. The summed E-state index contributed by atoms with van der Waals surface area (Å²) in [4.78, 5) is 3.57. The van der Waals surface area contributed by atoms with Crippen LogP contribution < -0.4 is 5.32 Å². The van der Waals surface area contributed by atoms with E-state index in [1.807, 2.05) is 0 Å². The van der Waals surface area contributed by atoms with Gasteiger partial charge in [-0.3, -0.25) is 0 Å². The van der Waals surface area contributed by atoms with E-state index in [0.29, 0.717) is 10.8 Å². The molecule has 1 aromatic carbocycles. The van der Waals surface area contributed by atoms with Gasteiger partial charge in [0.05, 0.1) is 6.10 Å². The van der Waals surface area contributed by atoms with Crippen LogP contribution in [-0.2, 0) is 13.0 Å². The number of hydrogen-bond donors (Lipinski definition) is 3. The van der Waals surface area contributed by atoms with Crippen molar-refractivity contribution in [3.8, 4) is 0 Å². The number of aliphatic hydroxyl groups excluding tert-OH is 1. The van der Waals surface area contributed by atoms with Crippen molar-refractivity contribution in [2.45, 2.75) is 105 Å². The van der Waals surface area contributed by atoms with Crippen LogP contribution in [0, 0.1) is 46.3 Å². The Morgan fingerprint density at radius 1 is 1.03 bits per heavy atom. The number of rotatable bonds is 6. The minimum atomic E-state index is -0.0336. The summed E-state index contributed by atoms with van der Waals surface area (Å²) in [5.74, 6) is 5.09. The highest BCUT2D eigenvalue weighted by molar-refractivity contribution is 5.83. The Hall–Kier alpha value is -1.32. The predicted octanol–water partition coefficient (Wildman–Crippen LogP) is 7.48. The largest absolute Gasteiger partial charge is 0.393 e. The van der Waals surface area contributed by atoms with E-state index in [1.54, 1.807) is 0 Å². The second kappa shape index (κ2) is 9.45. The van der Waals surface area contributed by atoms with Crippen molar-refractivity contribution in [1.82, 2.24) is 10.3 Å². The molecule has 3 N–H and O–H groups in total. The number of fused-ring (bicyclic) bond motifs is 6. The van der Waals surface area contributed by atoms with Crippen LogP contribution in [0.4, 0.5) is 0 Å². The van der Waals surface area contributed by atoms with Gasteiger partial charge in [-0.2, -0.15) is 0 Å². The van der Waals surface area contributed by atoms with Gasteiger partial charge in [0.2, 0.25) is 0 Å². The van der Waals surface area contributed by atoms with Gasteiger partial charge >= 0.3 is 0 Å². The van der Waals surface area contributed by atoms with Crippen LogP contribution in [0.2, 0.25) is 0 Å². The quantitative estimate of drug-likeness (QED) is 0.393. The molecule has 1 aromatic heterocycles. The Labute approximate surface area is 219 Å². The zero-order valence-electron chi connectivity index (χ0n) is 23.3. The minimum Gasteiger partial charge on any atom is -0.393 e. The van der Waals surface area contributed by atoms with E-state index < -0.39 is 0 Å². The van der Waals surface area contributed by atoms with Gasteiger partial charge in [0.15, 0.2) is 0 Å². The average molecular weight is 491 g/mol. The zero-order chi connectivity index (χ0) is 25.1. The van der Waals surface area contributed by atoms with E-state index in [4.69, 9.17) is 0 Å². The summed E-state index contributed by atoms with van der Waals surface area (Å²) >= 11 is 0. The molecule has 0 aliphatic heterocycles. The van der Waals surface area contributed by atoms with E-state index >= 15 is 0 Å². The van der Waals surface area contributed by atoms with Crippen molar-refractivity contribution in [2.24, 2.45) is 46.3 Å². The molecule has 1 heterocycles. The van der Waals surface area contributed by atoms with E-state index in [9.17, 15) is 5.11 Å². The SMILES string of the molecule is CCNCc1ccc2[nH]cc(C[C@@H](C)[C@H]3CC[C@H]4[C@@H]5CC[C@@H]6C[C@H](O)CC[C@]6(C)[C@H]5CC[C@]34C)c2c1. The molecule has 9 atom stereocenters. The highest BCUT2D eigenvalue weighted by Gasteiger charge is 2.60. The van der Waals surface area contributed by atoms with Gasteiger partial charge in [0, 0.05) is 23.6 Å². The van der Waals surface area contributed by atoms with E-state index in [-0.39, 0.29) is 6.10 Å². The van der Waals surface area contributed by atoms with Crippen molar-refractivity contribution < 1.29 is 5.11 Å². The van der Waals surface area contributed by atoms with Gasteiger partial charge in [-0.1, -0.05) is 33.8 Å². The lowest BCUT2D eigenvalue weighted by Gasteiger charge is -2.61. The number of aromatic nitrogens is 1.